The summed E-state index contributed by atoms with van der Waals surface area (Å²) < 4.78 is 0. The van der Waals surface area contributed by atoms with Gasteiger partial charge >= 0.3 is 0 Å². The van der Waals surface area contributed by atoms with Crippen LogP contribution in [0.4, 0.5) is 0 Å². The Morgan fingerprint density at radius 1 is 1.06 bits per heavy atom. The van der Waals surface area contributed by atoms with Crippen LogP contribution in [0.25, 0.3) is 11.0 Å². The molecule has 18 heavy (non-hydrogen) atoms. The maximum atomic E-state index is 4.88. The van der Waals surface area contributed by atoms with Crippen molar-refractivity contribution in [3.63, 3.8) is 0 Å². The van der Waals surface area contributed by atoms with Crippen LogP contribution in [-0.2, 0) is 6.42 Å². The lowest BCUT2D eigenvalue weighted by Gasteiger charge is -2.01. The number of thiocarbonyl (C=S) groups is 1. The van der Waals surface area contributed by atoms with Crippen molar-refractivity contribution in [1.82, 2.24) is 9.97 Å². The van der Waals surface area contributed by atoms with Crippen LogP contribution >= 0.6 is 12.2 Å². The first-order chi connectivity index (χ1) is 8.85. The highest BCUT2D eigenvalue weighted by Crippen LogP contribution is 2.16. The lowest BCUT2D eigenvalue weighted by atomic mass is 10.0. The van der Waals surface area contributed by atoms with Gasteiger partial charge in [-0.25, -0.2) is 4.98 Å². The van der Waals surface area contributed by atoms with Gasteiger partial charge < -0.3 is 4.98 Å². The highest BCUT2D eigenvalue weighted by atomic mass is 32.1. The number of nitrogens with zero attached hydrogens (tertiary/aromatic N) is 1. The first-order valence-corrected chi connectivity index (χ1v) is 6.30. The van der Waals surface area contributed by atoms with Crippen molar-refractivity contribution in [2.75, 3.05) is 0 Å². The zero-order valence-electron chi connectivity index (χ0n) is 9.76. The molecule has 0 atom stereocenters. The molecule has 0 radical (unpaired) electrons. The van der Waals surface area contributed by atoms with E-state index in [2.05, 4.69) is 46.4 Å². The van der Waals surface area contributed by atoms with Gasteiger partial charge in [-0.05, 0) is 29.7 Å². The minimum Gasteiger partial charge on any atom is -0.338 e. The number of aromatic amines is 1. The molecule has 2 aromatic carbocycles. The zero-order valence-corrected chi connectivity index (χ0v) is 10.6. The number of benzene rings is 2. The van der Waals surface area contributed by atoms with Crippen LogP contribution in [0, 0.1) is 0 Å². The zero-order chi connectivity index (χ0) is 12.4. The summed E-state index contributed by atoms with van der Waals surface area (Å²) >= 11 is 4.88. The van der Waals surface area contributed by atoms with E-state index in [4.69, 9.17) is 12.2 Å². The molecule has 88 valence electrons. The molecule has 0 spiro atoms. The van der Waals surface area contributed by atoms with E-state index >= 15 is 0 Å². The van der Waals surface area contributed by atoms with Gasteiger partial charge in [0.15, 0.2) is 0 Å². The van der Waals surface area contributed by atoms with Crippen molar-refractivity contribution in [3.8, 4) is 0 Å². The third-order valence-electron chi connectivity index (χ3n) is 2.93. The Kier molecular flexibility index (Phi) is 2.90. The number of rotatable bonds is 3. The molecular formula is C15H12N2S. The molecule has 0 aliphatic carbocycles. The Labute approximate surface area is 111 Å². The van der Waals surface area contributed by atoms with Crippen LogP contribution in [0.5, 0.6) is 0 Å². The molecule has 0 saturated carbocycles. The van der Waals surface area contributed by atoms with Crippen LogP contribution in [0.2, 0.25) is 0 Å². The minimum absolute atomic E-state index is 0.747. The first kappa shape index (κ1) is 11.1. The van der Waals surface area contributed by atoms with E-state index in [0.29, 0.717) is 0 Å². The summed E-state index contributed by atoms with van der Waals surface area (Å²) in [6, 6.07) is 16.7. The Balaban J connectivity index is 1.95. The van der Waals surface area contributed by atoms with Crippen LogP contribution < -0.4 is 0 Å². The summed E-state index contributed by atoms with van der Waals surface area (Å²) in [6.07, 6.45) is 0.933. The summed E-state index contributed by atoms with van der Waals surface area (Å²) in [5.41, 5.74) is 4.59. The number of hydrogen-bond donors (Lipinski definition) is 1. The van der Waals surface area contributed by atoms with E-state index in [9.17, 15) is 0 Å². The van der Waals surface area contributed by atoms with Gasteiger partial charge in [-0.2, -0.15) is 0 Å². The van der Waals surface area contributed by atoms with Gasteiger partial charge in [-0.15, -0.1) is 0 Å². The standard InChI is InChI=1S/C15H12N2S/c18-10-15-16-13-7-6-12(9-14(13)17-15)8-11-4-2-1-3-5-11/h1-7,9-10H,8H2,(H,16,17). The van der Waals surface area contributed by atoms with Crippen molar-refractivity contribution in [1.29, 1.82) is 0 Å². The average Bonchev–Trinajstić information content (AvgIpc) is 2.82. The van der Waals surface area contributed by atoms with E-state index in [1.165, 1.54) is 11.1 Å². The quantitative estimate of drug-likeness (QED) is 0.723. The van der Waals surface area contributed by atoms with E-state index < -0.39 is 0 Å². The molecule has 3 rings (SSSR count). The van der Waals surface area contributed by atoms with Gasteiger partial charge in [0, 0.05) is 5.37 Å². The molecule has 3 heteroatoms. The second-order valence-corrected chi connectivity index (χ2v) is 4.49. The van der Waals surface area contributed by atoms with E-state index in [1.54, 1.807) is 5.37 Å². The normalized spacial score (nSPS) is 10.7. The summed E-state index contributed by atoms with van der Waals surface area (Å²) in [5, 5.41) is 1.57. The molecule has 2 nitrogen and oxygen atoms in total. The Morgan fingerprint density at radius 2 is 1.89 bits per heavy atom. The monoisotopic (exact) mass is 252 g/mol. The highest BCUT2D eigenvalue weighted by Gasteiger charge is 2.02. The maximum Gasteiger partial charge on any atom is 0.142 e. The fraction of sp³-hybridized carbons (Fsp3) is 0.0667. The van der Waals surface area contributed by atoms with Gasteiger partial charge in [-0.3, -0.25) is 0 Å². The van der Waals surface area contributed by atoms with E-state index in [-0.39, 0.29) is 0 Å². The average molecular weight is 252 g/mol. The van der Waals surface area contributed by atoms with Crippen LogP contribution in [-0.4, -0.2) is 15.3 Å². The minimum atomic E-state index is 0.747. The summed E-state index contributed by atoms with van der Waals surface area (Å²) in [4.78, 5) is 7.56. The molecular weight excluding hydrogens is 240 g/mol. The number of aromatic nitrogens is 2. The van der Waals surface area contributed by atoms with Gasteiger partial charge in [0.2, 0.25) is 0 Å². The fourth-order valence-corrected chi connectivity index (χ4v) is 2.19. The van der Waals surface area contributed by atoms with Crippen LogP contribution in [0.15, 0.2) is 48.5 Å². The molecule has 0 unspecified atom stereocenters. The largest absolute Gasteiger partial charge is 0.338 e. The topological polar surface area (TPSA) is 28.7 Å². The van der Waals surface area contributed by atoms with Crippen LogP contribution in [0.3, 0.4) is 0 Å². The number of fused-ring (bicyclic) bond motifs is 1. The van der Waals surface area contributed by atoms with Gasteiger partial charge in [-0.1, -0.05) is 48.6 Å². The molecule has 0 saturated heterocycles. The van der Waals surface area contributed by atoms with Gasteiger partial charge in [0.1, 0.15) is 5.82 Å². The Bertz CT molecular complexity index is 686. The SMILES string of the molecule is S=Cc1nc2ccc(Cc3ccccc3)cc2[nH]1. The first-order valence-electron chi connectivity index (χ1n) is 5.83. The van der Waals surface area contributed by atoms with Crippen molar-refractivity contribution in [3.05, 3.63) is 65.5 Å². The summed E-state index contributed by atoms with van der Waals surface area (Å²) in [6.45, 7) is 0. The number of hydrogen-bond acceptors (Lipinski definition) is 2. The summed E-state index contributed by atoms with van der Waals surface area (Å²) in [7, 11) is 0. The van der Waals surface area contributed by atoms with Crippen molar-refractivity contribution in [2.24, 2.45) is 0 Å². The molecule has 0 aliphatic rings. The molecule has 0 amide bonds. The number of imidazole rings is 1. The highest BCUT2D eigenvalue weighted by molar-refractivity contribution is 7.79. The molecule has 1 heterocycles. The Hall–Kier alpha value is -2.00. The molecule has 1 aromatic heterocycles. The molecule has 3 aromatic rings. The second-order valence-electron chi connectivity index (χ2n) is 4.25. The van der Waals surface area contributed by atoms with Gasteiger partial charge in [0.25, 0.3) is 0 Å². The molecule has 0 bridgehead atoms. The second kappa shape index (κ2) is 4.70. The summed E-state index contributed by atoms with van der Waals surface area (Å²) in [5.74, 6) is 0.747. The smallest absolute Gasteiger partial charge is 0.142 e. The van der Waals surface area contributed by atoms with E-state index in [0.717, 1.165) is 23.3 Å². The fourth-order valence-electron chi connectivity index (χ4n) is 2.07. The van der Waals surface area contributed by atoms with Crippen molar-refractivity contribution >= 4 is 28.6 Å². The number of H-pyrrole nitrogens is 1. The predicted octanol–water partition coefficient (Wildman–Crippen LogP) is 3.50. The van der Waals surface area contributed by atoms with Crippen molar-refractivity contribution in [2.45, 2.75) is 6.42 Å². The van der Waals surface area contributed by atoms with E-state index in [1.807, 2.05) is 12.1 Å². The molecule has 0 fully saturated rings. The van der Waals surface area contributed by atoms with Gasteiger partial charge in [0.05, 0.1) is 11.0 Å². The maximum absolute atomic E-state index is 4.88. The molecule has 0 aliphatic heterocycles. The van der Waals surface area contributed by atoms with Crippen LogP contribution in [0.1, 0.15) is 17.0 Å². The lowest BCUT2D eigenvalue weighted by Crippen LogP contribution is -1.87. The number of nitrogens with one attached hydrogen (secondary N) is 1. The van der Waals surface area contributed by atoms with Crippen molar-refractivity contribution < 1.29 is 0 Å². The third kappa shape index (κ3) is 2.17. The predicted molar refractivity (Wildman–Crippen MR) is 78.1 cm³/mol. The Morgan fingerprint density at radius 3 is 2.67 bits per heavy atom. The molecule has 1 N–H and O–H groups in total. The third-order valence-corrected chi connectivity index (χ3v) is 3.15. The lowest BCUT2D eigenvalue weighted by molar-refractivity contribution is 1.20.